The van der Waals surface area contributed by atoms with Crippen LogP contribution in [0, 0.1) is 5.92 Å². The van der Waals surface area contributed by atoms with Crippen molar-refractivity contribution in [1.29, 1.82) is 0 Å². The summed E-state index contributed by atoms with van der Waals surface area (Å²) in [7, 11) is 0. The SMILES string of the molecule is O=C(CCl)c1ccc2nc(C3CCC(C(=O)CCl)CC3)ccc2c1. The minimum absolute atomic E-state index is 0.0126. The summed E-state index contributed by atoms with van der Waals surface area (Å²) in [5.41, 5.74) is 2.57. The van der Waals surface area contributed by atoms with Crippen LogP contribution in [-0.4, -0.2) is 28.3 Å². The van der Waals surface area contributed by atoms with E-state index in [2.05, 4.69) is 0 Å². The molecule has 1 heterocycles. The summed E-state index contributed by atoms with van der Waals surface area (Å²) >= 11 is 11.3. The minimum atomic E-state index is -0.0788. The second kappa shape index (κ2) is 7.62. The van der Waals surface area contributed by atoms with E-state index in [1.165, 1.54) is 0 Å². The maximum Gasteiger partial charge on any atom is 0.177 e. The standard InChI is InChI=1S/C19H19Cl2NO2/c20-10-18(23)13-3-1-12(2-4-13)16-7-5-14-9-15(19(24)11-21)6-8-17(14)22-16/h5-9,12-13H,1-4,10-11H2. The van der Waals surface area contributed by atoms with Crippen LogP contribution in [-0.2, 0) is 4.79 Å². The zero-order valence-electron chi connectivity index (χ0n) is 13.3. The monoisotopic (exact) mass is 363 g/mol. The smallest absolute Gasteiger partial charge is 0.177 e. The Bertz CT molecular complexity index is 767. The Morgan fingerprint density at radius 1 is 1.00 bits per heavy atom. The van der Waals surface area contributed by atoms with Gasteiger partial charge in [-0.25, -0.2) is 0 Å². The van der Waals surface area contributed by atoms with Crippen LogP contribution in [0.3, 0.4) is 0 Å². The van der Waals surface area contributed by atoms with E-state index >= 15 is 0 Å². The highest BCUT2D eigenvalue weighted by molar-refractivity contribution is 6.30. The lowest BCUT2D eigenvalue weighted by Gasteiger charge is -2.27. The first-order chi connectivity index (χ1) is 11.6. The van der Waals surface area contributed by atoms with Gasteiger partial charge in [-0.2, -0.15) is 0 Å². The summed E-state index contributed by atoms with van der Waals surface area (Å²) in [6.45, 7) is 0. The molecule has 1 aliphatic carbocycles. The van der Waals surface area contributed by atoms with Crippen molar-refractivity contribution in [1.82, 2.24) is 4.98 Å². The van der Waals surface area contributed by atoms with Gasteiger partial charge in [-0.15, -0.1) is 23.2 Å². The summed E-state index contributed by atoms with van der Waals surface area (Å²) in [5, 5.41) is 0.945. The summed E-state index contributed by atoms with van der Waals surface area (Å²) < 4.78 is 0. The molecule has 1 aromatic carbocycles. The highest BCUT2D eigenvalue weighted by Gasteiger charge is 2.27. The normalized spacial score (nSPS) is 20.9. The maximum absolute atomic E-state index is 11.7. The molecular formula is C19H19Cl2NO2. The van der Waals surface area contributed by atoms with Crippen molar-refractivity contribution in [3.8, 4) is 0 Å². The number of rotatable bonds is 5. The lowest BCUT2D eigenvalue weighted by atomic mass is 9.79. The van der Waals surface area contributed by atoms with E-state index in [9.17, 15) is 9.59 Å². The van der Waals surface area contributed by atoms with Crippen LogP contribution in [0.2, 0.25) is 0 Å². The van der Waals surface area contributed by atoms with Crippen molar-refractivity contribution in [3.05, 3.63) is 41.6 Å². The van der Waals surface area contributed by atoms with Gasteiger partial charge in [0.15, 0.2) is 11.6 Å². The molecule has 1 aliphatic rings. The molecule has 1 saturated carbocycles. The van der Waals surface area contributed by atoms with Gasteiger partial charge >= 0.3 is 0 Å². The fraction of sp³-hybridized carbons (Fsp3) is 0.421. The Morgan fingerprint density at radius 2 is 1.75 bits per heavy atom. The number of pyridine rings is 1. The van der Waals surface area contributed by atoms with Gasteiger partial charge in [-0.3, -0.25) is 14.6 Å². The average Bonchev–Trinajstić information content (AvgIpc) is 2.66. The Morgan fingerprint density at radius 3 is 2.42 bits per heavy atom. The number of fused-ring (bicyclic) bond motifs is 1. The predicted octanol–water partition coefficient (Wildman–Crippen LogP) is 4.74. The number of ketones is 2. The molecule has 3 rings (SSSR count). The Labute approximate surface area is 151 Å². The molecule has 3 nitrogen and oxygen atoms in total. The zero-order chi connectivity index (χ0) is 17.1. The molecule has 24 heavy (non-hydrogen) atoms. The van der Waals surface area contributed by atoms with Gasteiger partial charge < -0.3 is 0 Å². The van der Waals surface area contributed by atoms with Crippen LogP contribution in [0.15, 0.2) is 30.3 Å². The number of alkyl halides is 2. The number of aromatic nitrogens is 1. The number of Topliss-reactive ketones (excluding diaryl/α,β-unsaturated/α-hetero) is 2. The number of carbonyl (C=O) groups is 2. The summed E-state index contributed by atoms with van der Waals surface area (Å²) in [4.78, 5) is 28.2. The number of carbonyl (C=O) groups excluding carboxylic acids is 2. The number of hydrogen-bond acceptors (Lipinski definition) is 3. The fourth-order valence-corrected chi connectivity index (χ4v) is 3.81. The van der Waals surface area contributed by atoms with Crippen LogP contribution in [0.5, 0.6) is 0 Å². The molecule has 5 heteroatoms. The molecule has 0 atom stereocenters. The number of hydrogen-bond donors (Lipinski definition) is 0. The number of halogens is 2. The first-order valence-electron chi connectivity index (χ1n) is 8.21. The Kier molecular flexibility index (Phi) is 5.52. The van der Waals surface area contributed by atoms with Crippen molar-refractivity contribution < 1.29 is 9.59 Å². The molecule has 0 bridgehead atoms. The molecular weight excluding hydrogens is 345 g/mol. The van der Waals surface area contributed by atoms with Crippen molar-refractivity contribution in [2.75, 3.05) is 11.8 Å². The van der Waals surface area contributed by atoms with Gasteiger partial charge in [-0.1, -0.05) is 6.07 Å². The van der Waals surface area contributed by atoms with E-state index in [0.717, 1.165) is 42.3 Å². The van der Waals surface area contributed by atoms with Crippen molar-refractivity contribution in [2.24, 2.45) is 5.92 Å². The Hall–Kier alpha value is -1.45. The van der Waals surface area contributed by atoms with Crippen molar-refractivity contribution in [3.63, 3.8) is 0 Å². The Balaban J connectivity index is 1.77. The molecule has 0 saturated heterocycles. The molecule has 0 aliphatic heterocycles. The second-order valence-corrected chi connectivity index (χ2v) is 6.88. The average molecular weight is 364 g/mol. The lowest BCUT2D eigenvalue weighted by Crippen LogP contribution is -2.22. The molecule has 0 unspecified atom stereocenters. The van der Waals surface area contributed by atoms with Crippen LogP contribution < -0.4 is 0 Å². The van der Waals surface area contributed by atoms with E-state index in [-0.39, 0.29) is 29.2 Å². The largest absolute Gasteiger partial charge is 0.298 e. The lowest BCUT2D eigenvalue weighted by molar-refractivity contribution is -0.121. The molecule has 0 radical (unpaired) electrons. The van der Waals surface area contributed by atoms with E-state index < -0.39 is 0 Å². The minimum Gasteiger partial charge on any atom is -0.298 e. The van der Waals surface area contributed by atoms with Gasteiger partial charge in [0.05, 0.1) is 17.3 Å². The predicted molar refractivity (Wildman–Crippen MR) is 97.2 cm³/mol. The van der Waals surface area contributed by atoms with Crippen LogP contribution in [0.25, 0.3) is 10.9 Å². The van der Waals surface area contributed by atoms with Crippen molar-refractivity contribution in [2.45, 2.75) is 31.6 Å². The molecule has 1 aromatic heterocycles. The summed E-state index contributed by atoms with van der Waals surface area (Å²) in [5.74, 6) is 0.693. The van der Waals surface area contributed by atoms with Gasteiger partial charge in [0, 0.05) is 28.5 Å². The molecule has 0 spiro atoms. The quantitative estimate of drug-likeness (QED) is 0.569. The second-order valence-electron chi connectivity index (χ2n) is 6.35. The fourth-order valence-electron chi connectivity index (χ4n) is 3.44. The van der Waals surface area contributed by atoms with E-state index in [1.54, 1.807) is 6.07 Å². The highest BCUT2D eigenvalue weighted by atomic mass is 35.5. The first kappa shape index (κ1) is 17.4. The molecule has 1 fully saturated rings. The van der Waals surface area contributed by atoms with Gasteiger partial charge in [0.25, 0.3) is 0 Å². The van der Waals surface area contributed by atoms with Crippen LogP contribution >= 0.6 is 23.2 Å². The van der Waals surface area contributed by atoms with Gasteiger partial charge in [0.1, 0.15) is 0 Å². The number of benzene rings is 1. The highest BCUT2D eigenvalue weighted by Crippen LogP contribution is 2.36. The van der Waals surface area contributed by atoms with E-state index in [1.807, 2.05) is 24.3 Å². The van der Waals surface area contributed by atoms with Gasteiger partial charge in [-0.05, 0) is 49.9 Å². The molecule has 126 valence electrons. The summed E-state index contributed by atoms with van der Waals surface area (Å²) in [6, 6.07) is 9.54. The third-order valence-electron chi connectivity index (χ3n) is 4.89. The zero-order valence-corrected chi connectivity index (χ0v) is 14.8. The van der Waals surface area contributed by atoms with Crippen LogP contribution in [0.4, 0.5) is 0 Å². The maximum atomic E-state index is 11.7. The molecule has 0 amide bonds. The third-order valence-corrected chi connectivity index (χ3v) is 5.39. The van der Waals surface area contributed by atoms with Crippen LogP contribution in [0.1, 0.15) is 47.7 Å². The topological polar surface area (TPSA) is 47.0 Å². The summed E-state index contributed by atoms with van der Waals surface area (Å²) in [6.07, 6.45) is 3.71. The van der Waals surface area contributed by atoms with E-state index in [4.69, 9.17) is 28.2 Å². The molecule has 0 N–H and O–H groups in total. The third kappa shape index (κ3) is 3.62. The first-order valence-corrected chi connectivity index (χ1v) is 9.28. The molecule has 2 aromatic rings. The number of nitrogens with zero attached hydrogens (tertiary/aromatic N) is 1. The van der Waals surface area contributed by atoms with E-state index in [0.29, 0.717) is 11.5 Å². The van der Waals surface area contributed by atoms with Gasteiger partial charge in [0.2, 0.25) is 0 Å². The van der Waals surface area contributed by atoms with Crippen molar-refractivity contribution >= 4 is 45.7 Å².